The van der Waals surface area contributed by atoms with Crippen molar-refractivity contribution in [1.82, 2.24) is 15.3 Å². The smallest absolute Gasteiger partial charge is 0.243 e. The van der Waals surface area contributed by atoms with Crippen LogP contribution in [0.4, 0.5) is 8.78 Å². The highest BCUT2D eigenvalue weighted by atomic mass is 19.1. The van der Waals surface area contributed by atoms with Gasteiger partial charge in [0.15, 0.2) is 0 Å². The van der Waals surface area contributed by atoms with Gasteiger partial charge < -0.3 is 10.6 Å². The van der Waals surface area contributed by atoms with E-state index >= 15 is 0 Å². The molecule has 3 atom stereocenters. The van der Waals surface area contributed by atoms with E-state index in [1.807, 2.05) is 0 Å². The van der Waals surface area contributed by atoms with Gasteiger partial charge in [-0.15, -0.1) is 0 Å². The number of nitrogens with two attached hydrogens (primary N) is 1. The number of nitrogens with zero attached hydrogens (tertiary/aromatic N) is 2. The van der Waals surface area contributed by atoms with Crippen LogP contribution in [-0.4, -0.2) is 61.1 Å². The highest BCUT2D eigenvalue weighted by Crippen LogP contribution is 2.26. The molecule has 6 nitrogen and oxygen atoms in total. The molecule has 0 radical (unpaired) electrons. The maximum atomic E-state index is 13.5. The van der Waals surface area contributed by atoms with E-state index in [2.05, 4.69) is 5.43 Å². The molecule has 2 amide bonds. The first-order valence-corrected chi connectivity index (χ1v) is 9.78. The lowest BCUT2D eigenvalue weighted by molar-refractivity contribution is -0.136. The molecular weight excluding hydrogens is 390 g/mol. The van der Waals surface area contributed by atoms with Crippen molar-refractivity contribution in [3.8, 4) is 11.1 Å². The number of benzene rings is 2. The van der Waals surface area contributed by atoms with Gasteiger partial charge in [0.2, 0.25) is 11.8 Å². The molecule has 160 valence electrons. The minimum atomic E-state index is -1.15. The fourth-order valence-electron chi connectivity index (χ4n) is 3.61. The molecule has 1 aliphatic rings. The third-order valence-corrected chi connectivity index (χ3v) is 5.15. The van der Waals surface area contributed by atoms with Gasteiger partial charge in [0, 0.05) is 20.6 Å². The lowest BCUT2D eigenvalue weighted by Gasteiger charge is -2.28. The number of halogens is 2. The molecule has 0 unspecified atom stereocenters. The lowest BCUT2D eigenvalue weighted by Crippen LogP contribution is -2.52. The van der Waals surface area contributed by atoms with Crippen molar-refractivity contribution in [2.75, 3.05) is 27.2 Å². The summed E-state index contributed by atoms with van der Waals surface area (Å²) in [6.45, 7) is 0.289. The number of alkyl halides is 1. The van der Waals surface area contributed by atoms with Crippen LogP contribution in [0.1, 0.15) is 17.9 Å². The zero-order valence-corrected chi connectivity index (χ0v) is 17.0. The Bertz CT molecular complexity index is 887. The molecule has 0 saturated carbocycles. The van der Waals surface area contributed by atoms with Gasteiger partial charge in [-0.05, 0) is 35.2 Å². The highest BCUT2D eigenvalue weighted by molar-refractivity contribution is 5.93. The summed E-state index contributed by atoms with van der Waals surface area (Å²) in [5, 5.41) is 1.48. The molecule has 30 heavy (non-hydrogen) atoms. The number of hydrogen-bond donors (Lipinski definition) is 2. The average molecular weight is 416 g/mol. The molecule has 0 aromatic heterocycles. The molecule has 1 saturated heterocycles. The Balaban J connectivity index is 1.87. The number of nitrogens with one attached hydrogen (secondary N) is 1. The number of hydrogen-bond acceptors (Lipinski definition) is 4. The largest absolute Gasteiger partial charge is 0.338 e. The van der Waals surface area contributed by atoms with Crippen LogP contribution in [0.15, 0.2) is 48.5 Å². The molecule has 8 heteroatoms. The van der Waals surface area contributed by atoms with Crippen molar-refractivity contribution < 1.29 is 18.4 Å². The lowest BCUT2D eigenvalue weighted by atomic mass is 9.89. The summed E-state index contributed by atoms with van der Waals surface area (Å²) in [4.78, 5) is 27.0. The molecule has 0 spiro atoms. The molecule has 2 aromatic carbocycles. The summed E-state index contributed by atoms with van der Waals surface area (Å²) in [7, 11) is 3.32. The zero-order valence-electron chi connectivity index (χ0n) is 17.0. The van der Waals surface area contributed by atoms with E-state index in [-0.39, 0.29) is 18.8 Å². The summed E-state index contributed by atoms with van der Waals surface area (Å²) in [5.41, 5.74) is 11.1. The third kappa shape index (κ3) is 5.01. The van der Waals surface area contributed by atoms with Crippen LogP contribution in [0.2, 0.25) is 0 Å². The molecule has 1 fully saturated rings. The van der Waals surface area contributed by atoms with Gasteiger partial charge in [-0.1, -0.05) is 36.4 Å². The summed E-state index contributed by atoms with van der Waals surface area (Å²) in [5.74, 6) is -2.14. The molecule has 0 bridgehead atoms. The predicted molar refractivity (Wildman–Crippen MR) is 110 cm³/mol. The van der Waals surface area contributed by atoms with Gasteiger partial charge in [0.1, 0.15) is 18.0 Å². The van der Waals surface area contributed by atoms with Gasteiger partial charge >= 0.3 is 0 Å². The second kappa shape index (κ2) is 9.32. The van der Waals surface area contributed by atoms with Crippen LogP contribution >= 0.6 is 0 Å². The van der Waals surface area contributed by atoms with E-state index in [0.717, 1.165) is 11.1 Å². The fraction of sp³-hybridized carbons (Fsp3) is 0.364. The van der Waals surface area contributed by atoms with Gasteiger partial charge in [0.25, 0.3) is 0 Å². The number of hydrazine groups is 1. The SMILES string of the molecule is CN(C)NC(=O)[C@@H](c1ccc(-c2ccc(F)cc2)cc1)[C@H](N)C(=O)N1CC[C@H](F)C1. The Labute approximate surface area is 174 Å². The van der Waals surface area contributed by atoms with Crippen LogP contribution < -0.4 is 11.2 Å². The number of rotatable bonds is 6. The summed E-state index contributed by atoms with van der Waals surface area (Å²) < 4.78 is 26.7. The van der Waals surface area contributed by atoms with Crippen LogP contribution in [0.5, 0.6) is 0 Å². The van der Waals surface area contributed by atoms with Crippen molar-refractivity contribution in [1.29, 1.82) is 0 Å². The number of likely N-dealkylation sites (tertiary alicyclic amines) is 1. The average Bonchev–Trinajstić information content (AvgIpc) is 3.14. The molecule has 3 rings (SSSR count). The Morgan fingerprint density at radius 2 is 1.67 bits per heavy atom. The van der Waals surface area contributed by atoms with Crippen molar-refractivity contribution >= 4 is 11.8 Å². The van der Waals surface area contributed by atoms with E-state index in [9.17, 15) is 18.4 Å². The first-order chi connectivity index (χ1) is 14.3. The Kier molecular flexibility index (Phi) is 6.79. The van der Waals surface area contributed by atoms with E-state index in [4.69, 9.17) is 5.73 Å². The normalized spacial score (nSPS) is 18.3. The molecule has 3 N–H and O–H groups in total. The second-order valence-corrected chi connectivity index (χ2v) is 7.67. The maximum absolute atomic E-state index is 13.5. The zero-order chi connectivity index (χ0) is 21.8. The topological polar surface area (TPSA) is 78.7 Å². The van der Waals surface area contributed by atoms with E-state index in [1.54, 1.807) is 50.5 Å². The summed E-state index contributed by atoms with van der Waals surface area (Å²) >= 11 is 0. The van der Waals surface area contributed by atoms with Gasteiger partial charge in [-0.2, -0.15) is 0 Å². The molecular formula is C22H26F2N4O2. The van der Waals surface area contributed by atoms with Crippen molar-refractivity contribution in [2.24, 2.45) is 5.73 Å². The van der Waals surface area contributed by atoms with Gasteiger partial charge in [-0.25, -0.2) is 13.8 Å². The molecule has 2 aromatic rings. The van der Waals surface area contributed by atoms with E-state index in [0.29, 0.717) is 12.1 Å². The summed E-state index contributed by atoms with van der Waals surface area (Å²) in [6.07, 6.45) is -0.787. The van der Waals surface area contributed by atoms with E-state index in [1.165, 1.54) is 22.0 Å². The minimum Gasteiger partial charge on any atom is -0.338 e. The first kappa shape index (κ1) is 21.9. The van der Waals surface area contributed by atoms with Crippen LogP contribution in [0.25, 0.3) is 11.1 Å². The van der Waals surface area contributed by atoms with Crippen molar-refractivity contribution in [3.63, 3.8) is 0 Å². The quantitative estimate of drug-likeness (QED) is 0.707. The van der Waals surface area contributed by atoms with Crippen LogP contribution in [-0.2, 0) is 9.59 Å². The maximum Gasteiger partial charge on any atom is 0.243 e. The van der Waals surface area contributed by atoms with E-state index < -0.39 is 29.9 Å². The van der Waals surface area contributed by atoms with Gasteiger partial charge in [0.05, 0.1) is 12.5 Å². The highest BCUT2D eigenvalue weighted by Gasteiger charge is 2.37. The number of carbonyl (C=O) groups is 2. The molecule has 0 aliphatic carbocycles. The number of carbonyl (C=O) groups excluding carboxylic acids is 2. The predicted octanol–water partition coefficient (Wildman–Crippen LogP) is 2.07. The third-order valence-electron chi connectivity index (χ3n) is 5.15. The fourth-order valence-corrected chi connectivity index (χ4v) is 3.61. The Morgan fingerprint density at radius 3 is 2.17 bits per heavy atom. The summed E-state index contributed by atoms with van der Waals surface area (Å²) in [6, 6.07) is 12.0. The Morgan fingerprint density at radius 1 is 1.10 bits per heavy atom. The monoisotopic (exact) mass is 416 g/mol. The van der Waals surface area contributed by atoms with Crippen LogP contribution in [0, 0.1) is 5.82 Å². The second-order valence-electron chi connectivity index (χ2n) is 7.67. The number of amides is 2. The standard InChI is InChI=1S/C22H26F2N4O2/c1-27(2)26-21(29)19(20(25)22(30)28-12-11-18(24)13-28)16-5-3-14(4-6-16)15-7-9-17(23)10-8-15/h3-10,18-20H,11-13,25H2,1-2H3,(H,26,29)/t18-,19-,20-/m0/s1. The van der Waals surface area contributed by atoms with Gasteiger partial charge in [-0.3, -0.25) is 15.0 Å². The van der Waals surface area contributed by atoms with Crippen molar-refractivity contribution in [2.45, 2.75) is 24.6 Å². The Hall–Kier alpha value is -2.84. The molecule has 1 aliphatic heterocycles. The van der Waals surface area contributed by atoms with Crippen LogP contribution in [0.3, 0.4) is 0 Å². The first-order valence-electron chi connectivity index (χ1n) is 9.78. The molecule has 1 heterocycles. The van der Waals surface area contributed by atoms with Crippen molar-refractivity contribution in [3.05, 3.63) is 59.9 Å². The minimum absolute atomic E-state index is 0.00193.